The number of benzene rings is 14. The quantitative estimate of drug-likeness (QED) is 0.160. The molecule has 0 radical (unpaired) electrons. The van der Waals surface area contributed by atoms with E-state index < -0.39 is 200 Å². The van der Waals surface area contributed by atoms with Gasteiger partial charge in [-0.2, -0.15) is 0 Å². The zero-order chi connectivity index (χ0) is 72.1. The molecular weight excluding hydrogens is 857 g/mol. The molecule has 0 bridgehead atoms. The minimum absolute atomic E-state index is 0.146. The van der Waals surface area contributed by atoms with E-state index in [4.69, 9.17) is 37.3 Å². The molecule has 15 aromatic rings. The highest BCUT2D eigenvalue weighted by Crippen LogP contribution is 2.48. The largest absolute Gasteiger partial charge is 0.456 e. The Kier molecular flexibility index (Phi) is 4.98. The van der Waals surface area contributed by atoms with E-state index in [0.29, 0.717) is 22.3 Å². The Labute approximate surface area is 451 Å². The third-order valence-corrected chi connectivity index (χ3v) is 12.6. The van der Waals surface area contributed by atoms with Crippen LogP contribution in [0.1, 0.15) is 39.8 Å². The first kappa shape index (κ1) is 21.1. The van der Waals surface area contributed by atoms with Crippen molar-refractivity contribution in [2.45, 2.75) is 0 Å². The molecule has 1 aromatic heterocycles. The van der Waals surface area contributed by atoms with Gasteiger partial charge < -0.3 is 4.42 Å². The zero-order valence-electron chi connectivity index (χ0n) is 65.6. The molecule has 0 saturated heterocycles. The average Bonchev–Trinajstić information content (AvgIpc) is 1.06. The predicted octanol–water partition coefficient (Wildman–Crippen LogP) is 20.0. The smallest absolute Gasteiger partial charge is 0.136 e. The molecule has 1 nitrogen and oxygen atoms in total. The lowest BCUT2D eigenvalue weighted by Crippen LogP contribution is -1.91. The summed E-state index contributed by atoms with van der Waals surface area (Å²) < 4.78 is 261. The van der Waals surface area contributed by atoms with Gasteiger partial charge in [0.1, 0.15) is 11.2 Å². The summed E-state index contributed by atoms with van der Waals surface area (Å²) in [6.07, 6.45) is 0. The minimum Gasteiger partial charge on any atom is -0.456 e. The Bertz CT molecular complexity index is 6140. The van der Waals surface area contributed by atoms with Gasteiger partial charge in [-0.05, 0) is 144 Å². The van der Waals surface area contributed by atoms with E-state index >= 15 is 0 Å². The van der Waals surface area contributed by atoms with Crippen molar-refractivity contribution in [1.29, 1.82) is 0 Å². The number of hydrogen-bond donors (Lipinski definition) is 0. The molecule has 1 heterocycles. The van der Waals surface area contributed by atoms with Crippen LogP contribution in [0.25, 0.3) is 142 Å². The molecular formula is C70H44O. The average molecular weight is 930 g/mol. The Morgan fingerprint density at radius 3 is 1.42 bits per heavy atom. The molecule has 15 rings (SSSR count). The molecule has 0 spiro atoms. The number of fused-ring (bicyclic) bond motifs is 10. The van der Waals surface area contributed by atoms with Crippen molar-refractivity contribution >= 4 is 97.3 Å². The molecule has 0 atom stereocenters. The lowest BCUT2D eigenvalue weighted by atomic mass is 9.84. The molecule has 1 heteroatoms. The lowest BCUT2D eigenvalue weighted by Gasteiger charge is -2.19. The van der Waals surface area contributed by atoms with E-state index in [2.05, 4.69) is 0 Å². The summed E-state index contributed by atoms with van der Waals surface area (Å²) >= 11 is 0. The predicted molar refractivity (Wildman–Crippen MR) is 304 cm³/mol. The SMILES string of the molecule is [2H]c1c([2H])c([2H])c(-c2c3c([2H])c([2H])c([2H])c([2H])c3c(-c3c([2H])c([2H])c([2H])c4oc5c([2H])c6c([2H])c([2H])c([2H])c([2H])c6cc5c34)c3c([2H])c([2H])c([2H])c([2H])c23)c([2H])c1[2H].[2H]c1c([2H])c([2H])c2c(-c3cccc4ccccc34)c3c([2H])c([2H])c([2H])c([2H])c3c(-c3ccc4ccccc4c3)c2c1[2H]. The number of furan rings is 1. The van der Waals surface area contributed by atoms with Crippen molar-refractivity contribution in [3.05, 3.63) is 266 Å². The van der Waals surface area contributed by atoms with Crippen LogP contribution in [0.5, 0.6) is 0 Å². The normalized spacial score (nSPS) is 17.4. The van der Waals surface area contributed by atoms with E-state index in [-0.39, 0.29) is 72.8 Å². The summed E-state index contributed by atoms with van der Waals surface area (Å²) in [5, 5.41) is 1.35. The van der Waals surface area contributed by atoms with Crippen LogP contribution in [0.4, 0.5) is 0 Å². The Morgan fingerprint density at radius 1 is 0.268 bits per heavy atom. The first-order valence-corrected chi connectivity index (χ1v) is 22.1. The van der Waals surface area contributed by atoms with Crippen molar-refractivity contribution in [2.24, 2.45) is 0 Å². The minimum atomic E-state index is -0.871. The molecule has 0 unspecified atom stereocenters. The van der Waals surface area contributed by atoms with E-state index in [1.165, 1.54) is 6.07 Å². The Hall–Kier alpha value is -9.30. The van der Waals surface area contributed by atoms with Crippen LogP contribution in [0, 0.1) is 0 Å². The van der Waals surface area contributed by atoms with Gasteiger partial charge in [-0.15, -0.1) is 0 Å². The highest BCUT2D eigenvalue weighted by Gasteiger charge is 2.21. The van der Waals surface area contributed by atoms with E-state index in [1.807, 2.05) is 84.9 Å². The van der Waals surface area contributed by atoms with Gasteiger partial charge >= 0.3 is 0 Å². The molecule has 14 aromatic carbocycles. The summed E-state index contributed by atoms with van der Waals surface area (Å²) in [6.45, 7) is 0. The lowest BCUT2D eigenvalue weighted by molar-refractivity contribution is 0.669. The third kappa shape index (κ3) is 6.70. The van der Waals surface area contributed by atoms with Crippen molar-refractivity contribution < 1.29 is 44.2 Å². The van der Waals surface area contributed by atoms with Gasteiger partial charge in [0.2, 0.25) is 0 Å². The molecule has 71 heavy (non-hydrogen) atoms. The van der Waals surface area contributed by atoms with Crippen molar-refractivity contribution in [3.63, 3.8) is 0 Å². The van der Waals surface area contributed by atoms with Crippen LogP contribution in [0.3, 0.4) is 0 Å². The molecule has 0 aliphatic carbocycles. The summed E-state index contributed by atoms with van der Waals surface area (Å²) in [4.78, 5) is 0. The summed E-state index contributed by atoms with van der Waals surface area (Å²) in [5.41, 5.74) is -1.10. The number of rotatable bonds is 4. The summed E-state index contributed by atoms with van der Waals surface area (Å²) in [7, 11) is 0. The van der Waals surface area contributed by atoms with Gasteiger partial charge in [-0.1, -0.05) is 242 Å². The highest BCUT2D eigenvalue weighted by molar-refractivity contribution is 6.27. The molecule has 0 N–H and O–H groups in total. The Balaban J connectivity index is 0.000000179. The van der Waals surface area contributed by atoms with Crippen molar-refractivity contribution in [3.8, 4) is 44.5 Å². The first-order chi connectivity index (χ1) is 47.3. The molecule has 0 fully saturated rings. The Morgan fingerprint density at radius 2 is 0.775 bits per heavy atom. The topological polar surface area (TPSA) is 13.1 Å². The fourth-order valence-electron chi connectivity index (χ4n) is 9.67. The summed E-state index contributed by atoms with van der Waals surface area (Å²) in [6, 6.07) is 8.79. The second-order valence-corrected chi connectivity index (χ2v) is 16.4. The standard InChI is InChI=1S/C36H22O.C34H22/c1-2-11-23(12-3-1)34-26-15-6-8-17-28(26)35(29-18-9-7-16-27(29)34)30-19-10-20-32-36(30)31-21-24-13-4-5-14-25(24)22-33(31)37-32;1-2-12-25-22-26(21-20-23(25)10-1)33-29-15-5-7-17-31(29)34(32-18-8-6-16-30(32)33)28-19-9-13-24-11-3-4-14-27(24)28/h1-22H;1-22H/i1D,2D,3D,4D,5D,6D,7D,8D,9D,10D,11D,12D,13D,14D,15D,16D,17D,18D,19D,20D,22D;5D,6D,7D,8D,15D,16D,17D,18D. The van der Waals surface area contributed by atoms with Gasteiger partial charge in [0.05, 0.1) is 39.8 Å². The van der Waals surface area contributed by atoms with Gasteiger partial charge in [0, 0.05) is 10.8 Å². The van der Waals surface area contributed by atoms with E-state index in [1.54, 1.807) is 0 Å². The zero-order valence-corrected chi connectivity index (χ0v) is 36.6. The second-order valence-electron chi connectivity index (χ2n) is 16.4. The molecule has 0 aliphatic rings. The third-order valence-electron chi connectivity index (χ3n) is 12.6. The van der Waals surface area contributed by atoms with Crippen LogP contribution in [0.2, 0.25) is 0 Å². The monoisotopic (exact) mass is 930 g/mol. The van der Waals surface area contributed by atoms with Crippen LogP contribution in [-0.2, 0) is 0 Å². The van der Waals surface area contributed by atoms with E-state index in [9.17, 15) is 6.85 Å². The second kappa shape index (κ2) is 16.7. The molecule has 330 valence electrons. The molecule has 0 amide bonds. The first-order valence-electron chi connectivity index (χ1n) is 36.6. The molecule has 0 saturated carbocycles. The maximum Gasteiger partial charge on any atom is 0.136 e. The van der Waals surface area contributed by atoms with E-state index in [0.717, 1.165) is 21.5 Å². The maximum absolute atomic E-state index is 9.35. The molecule has 0 aliphatic heterocycles. The van der Waals surface area contributed by atoms with Gasteiger partial charge in [0.25, 0.3) is 0 Å². The fraction of sp³-hybridized carbons (Fsp3) is 0. The van der Waals surface area contributed by atoms with Crippen LogP contribution < -0.4 is 0 Å². The van der Waals surface area contributed by atoms with Crippen LogP contribution in [-0.4, -0.2) is 0 Å². The number of hydrogen-bond acceptors (Lipinski definition) is 1. The van der Waals surface area contributed by atoms with Crippen LogP contribution >= 0.6 is 0 Å². The van der Waals surface area contributed by atoms with Crippen LogP contribution in [0.15, 0.2) is 271 Å². The van der Waals surface area contributed by atoms with Gasteiger partial charge in [0.15, 0.2) is 0 Å². The van der Waals surface area contributed by atoms with Gasteiger partial charge in [-0.3, -0.25) is 0 Å². The van der Waals surface area contributed by atoms with Crippen molar-refractivity contribution in [1.82, 2.24) is 0 Å². The van der Waals surface area contributed by atoms with Crippen molar-refractivity contribution in [2.75, 3.05) is 0 Å². The van der Waals surface area contributed by atoms with Gasteiger partial charge in [-0.25, -0.2) is 0 Å². The maximum atomic E-state index is 9.35. The fourth-order valence-corrected chi connectivity index (χ4v) is 9.67. The highest BCUT2D eigenvalue weighted by atomic mass is 16.3. The summed E-state index contributed by atoms with van der Waals surface area (Å²) in [5.74, 6) is 0.